The number of hydrogen-bond acceptors (Lipinski definition) is 3. The van der Waals surface area contributed by atoms with Gasteiger partial charge in [0.05, 0.1) is 0 Å². The molecule has 0 aliphatic carbocycles. The second-order valence-corrected chi connectivity index (χ2v) is 6.68. The highest BCUT2D eigenvalue weighted by Gasteiger charge is 2.29. The standard InChI is InChI=1S/C12H26N2O2/c1-10(2,3)16-9(15)14-12(6,7)8-11(4,5)13/h8,13H2,1-7H3,(H,14,15). The predicted molar refractivity (Wildman–Crippen MR) is 66.3 cm³/mol. The van der Waals surface area contributed by atoms with Crippen LogP contribution in [0.2, 0.25) is 0 Å². The van der Waals surface area contributed by atoms with Crippen molar-refractivity contribution in [3.05, 3.63) is 0 Å². The van der Waals surface area contributed by atoms with Gasteiger partial charge in [0.2, 0.25) is 0 Å². The third kappa shape index (κ3) is 8.53. The van der Waals surface area contributed by atoms with E-state index < -0.39 is 11.7 Å². The van der Waals surface area contributed by atoms with E-state index in [1.807, 2.05) is 48.5 Å². The van der Waals surface area contributed by atoms with Crippen LogP contribution >= 0.6 is 0 Å². The zero-order chi connectivity index (χ0) is 13.2. The second-order valence-electron chi connectivity index (χ2n) is 6.68. The Kier molecular flexibility index (Phi) is 4.39. The molecular formula is C12H26N2O2. The van der Waals surface area contributed by atoms with Gasteiger partial charge in [-0.25, -0.2) is 4.79 Å². The molecule has 0 bridgehead atoms. The number of amides is 1. The van der Waals surface area contributed by atoms with Crippen LogP contribution in [0.4, 0.5) is 4.79 Å². The van der Waals surface area contributed by atoms with E-state index in [-0.39, 0.29) is 11.1 Å². The number of nitrogens with one attached hydrogen (secondary N) is 1. The van der Waals surface area contributed by atoms with E-state index in [1.54, 1.807) is 0 Å². The summed E-state index contributed by atoms with van der Waals surface area (Å²) in [6, 6.07) is 0. The average Bonchev–Trinajstić information content (AvgIpc) is 1.70. The lowest BCUT2D eigenvalue weighted by molar-refractivity contribution is 0.0459. The lowest BCUT2D eigenvalue weighted by Crippen LogP contribution is -2.51. The van der Waals surface area contributed by atoms with Crippen LogP contribution in [-0.4, -0.2) is 22.8 Å². The summed E-state index contributed by atoms with van der Waals surface area (Å²) in [5.41, 5.74) is 4.76. The van der Waals surface area contributed by atoms with Crippen LogP contribution < -0.4 is 11.1 Å². The van der Waals surface area contributed by atoms with Crippen LogP contribution in [0.1, 0.15) is 54.9 Å². The minimum Gasteiger partial charge on any atom is -0.444 e. The van der Waals surface area contributed by atoms with E-state index in [1.165, 1.54) is 0 Å². The predicted octanol–water partition coefficient (Wildman–Crippen LogP) is 2.42. The van der Waals surface area contributed by atoms with E-state index in [9.17, 15) is 4.79 Å². The minimum atomic E-state index is -0.474. The maximum absolute atomic E-state index is 11.6. The van der Waals surface area contributed by atoms with Gasteiger partial charge >= 0.3 is 6.09 Å². The van der Waals surface area contributed by atoms with Crippen LogP contribution in [0.3, 0.4) is 0 Å². The van der Waals surface area contributed by atoms with Crippen LogP contribution in [-0.2, 0) is 4.74 Å². The molecule has 16 heavy (non-hydrogen) atoms. The summed E-state index contributed by atoms with van der Waals surface area (Å²) >= 11 is 0. The lowest BCUT2D eigenvalue weighted by atomic mass is 9.88. The number of alkyl carbamates (subject to hydrolysis) is 1. The van der Waals surface area contributed by atoms with E-state index >= 15 is 0 Å². The van der Waals surface area contributed by atoms with Crippen molar-refractivity contribution in [3.63, 3.8) is 0 Å². The van der Waals surface area contributed by atoms with Gasteiger partial charge in [0.25, 0.3) is 0 Å². The number of hydrogen-bond donors (Lipinski definition) is 2. The smallest absolute Gasteiger partial charge is 0.408 e. The highest BCUT2D eigenvalue weighted by Crippen LogP contribution is 2.18. The fourth-order valence-electron chi connectivity index (χ4n) is 1.76. The molecule has 0 saturated heterocycles. The molecule has 0 rings (SSSR count). The van der Waals surface area contributed by atoms with Crippen LogP contribution in [0, 0.1) is 0 Å². The number of carbonyl (C=O) groups is 1. The van der Waals surface area contributed by atoms with E-state index in [0.717, 1.165) is 0 Å². The molecule has 4 heteroatoms. The van der Waals surface area contributed by atoms with Crippen molar-refractivity contribution in [2.24, 2.45) is 5.73 Å². The average molecular weight is 230 g/mol. The second kappa shape index (κ2) is 4.62. The fourth-order valence-corrected chi connectivity index (χ4v) is 1.76. The Morgan fingerprint density at radius 1 is 1.12 bits per heavy atom. The first-order chi connectivity index (χ1) is 6.81. The van der Waals surface area contributed by atoms with Gasteiger partial charge in [0, 0.05) is 11.1 Å². The van der Waals surface area contributed by atoms with Gasteiger partial charge in [-0.3, -0.25) is 0 Å². The third-order valence-electron chi connectivity index (χ3n) is 1.74. The van der Waals surface area contributed by atoms with E-state index in [2.05, 4.69) is 5.32 Å². The van der Waals surface area contributed by atoms with Gasteiger partial charge in [-0.05, 0) is 54.9 Å². The molecular weight excluding hydrogens is 204 g/mol. The van der Waals surface area contributed by atoms with E-state index in [4.69, 9.17) is 10.5 Å². The lowest BCUT2D eigenvalue weighted by Gasteiger charge is -2.33. The molecule has 0 aliphatic heterocycles. The van der Waals surface area contributed by atoms with Crippen molar-refractivity contribution in [2.45, 2.75) is 71.6 Å². The van der Waals surface area contributed by atoms with Crippen LogP contribution in [0.5, 0.6) is 0 Å². The number of ether oxygens (including phenoxy) is 1. The van der Waals surface area contributed by atoms with Crippen molar-refractivity contribution in [1.29, 1.82) is 0 Å². The van der Waals surface area contributed by atoms with Crippen molar-refractivity contribution in [3.8, 4) is 0 Å². The topological polar surface area (TPSA) is 64.3 Å². The summed E-state index contributed by atoms with van der Waals surface area (Å²) < 4.78 is 5.20. The number of carbonyl (C=O) groups excluding carboxylic acids is 1. The Balaban J connectivity index is 4.32. The first-order valence-electron chi connectivity index (χ1n) is 5.61. The monoisotopic (exact) mass is 230 g/mol. The summed E-state index contributed by atoms with van der Waals surface area (Å²) in [6.45, 7) is 13.3. The summed E-state index contributed by atoms with van der Waals surface area (Å²) in [7, 11) is 0. The van der Waals surface area contributed by atoms with Gasteiger partial charge < -0.3 is 15.8 Å². The van der Waals surface area contributed by atoms with Crippen molar-refractivity contribution >= 4 is 6.09 Å². The highest BCUT2D eigenvalue weighted by atomic mass is 16.6. The maximum atomic E-state index is 11.6. The molecule has 0 aromatic rings. The molecule has 0 saturated carbocycles. The van der Waals surface area contributed by atoms with Crippen molar-refractivity contribution in [1.82, 2.24) is 5.32 Å². The van der Waals surface area contributed by atoms with Gasteiger partial charge in [0.15, 0.2) is 0 Å². The zero-order valence-corrected chi connectivity index (χ0v) is 11.6. The molecule has 0 radical (unpaired) electrons. The molecule has 0 aliphatic rings. The molecule has 0 unspecified atom stereocenters. The molecule has 0 aromatic heterocycles. The van der Waals surface area contributed by atoms with Gasteiger partial charge in [-0.2, -0.15) is 0 Å². The van der Waals surface area contributed by atoms with E-state index in [0.29, 0.717) is 6.42 Å². The van der Waals surface area contributed by atoms with Crippen LogP contribution in [0.15, 0.2) is 0 Å². The summed E-state index contributed by atoms with van der Waals surface area (Å²) in [5.74, 6) is 0. The summed E-state index contributed by atoms with van der Waals surface area (Å²) in [5, 5.41) is 2.83. The number of nitrogens with two attached hydrogens (primary N) is 1. The quantitative estimate of drug-likeness (QED) is 0.782. The molecule has 0 fully saturated rings. The SMILES string of the molecule is CC(C)(N)CC(C)(C)NC(=O)OC(C)(C)C. The molecule has 1 amide bonds. The van der Waals surface area contributed by atoms with Gasteiger partial charge in [-0.1, -0.05) is 0 Å². The molecule has 0 atom stereocenters. The summed E-state index contributed by atoms with van der Waals surface area (Å²) in [6.07, 6.45) is 0.279. The number of rotatable bonds is 3. The molecule has 3 N–H and O–H groups in total. The van der Waals surface area contributed by atoms with Crippen LogP contribution in [0.25, 0.3) is 0 Å². The first kappa shape index (κ1) is 15.2. The summed E-state index contributed by atoms with van der Waals surface area (Å²) in [4.78, 5) is 11.6. The first-order valence-corrected chi connectivity index (χ1v) is 5.61. The van der Waals surface area contributed by atoms with Crippen molar-refractivity contribution in [2.75, 3.05) is 0 Å². The molecule has 0 spiro atoms. The maximum Gasteiger partial charge on any atom is 0.408 e. The third-order valence-corrected chi connectivity index (χ3v) is 1.74. The minimum absolute atomic E-state index is 0.321. The molecule has 4 nitrogen and oxygen atoms in total. The Bertz CT molecular complexity index is 247. The Hall–Kier alpha value is -0.770. The Labute approximate surface area is 98.9 Å². The fraction of sp³-hybridized carbons (Fsp3) is 0.917. The molecule has 0 heterocycles. The zero-order valence-electron chi connectivity index (χ0n) is 11.6. The van der Waals surface area contributed by atoms with Crippen molar-refractivity contribution < 1.29 is 9.53 Å². The normalized spacial score (nSPS) is 13.5. The highest BCUT2D eigenvalue weighted by molar-refractivity contribution is 5.68. The largest absolute Gasteiger partial charge is 0.444 e. The van der Waals surface area contributed by atoms with Gasteiger partial charge in [-0.15, -0.1) is 0 Å². The molecule has 0 aromatic carbocycles. The molecule has 96 valence electrons. The van der Waals surface area contributed by atoms with Gasteiger partial charge in [0.1, 0.15) is 5.60 Å². The Morgan fingerprint density at radius 3 is 1.88 bits per heavy atom. The Morgan fingerprint density at radius 2 is 1.56 bits per heavy atom.